The number of aliphatic carboxylic acids is 1. The number of carbonyl (C=O) groups excluding carboxylic acids is 1. The third-order valence-electron chi connectivity index (χ3n) is 1.02. The van der Waals surface area contributed by atoms with Crippen molar-refractivity contribution < 1.29 is 9.90 Å². The maximum absolute atomic E-state index is 9.99. The van der Waals surface area contributed by atoms with Gasteiger partial charge < -0.3 is 9.90 Å². The van der Waals surface area contributed by atoms with Crippen molar-refractivity contribution in [2.24, 2.45) is 5.92 Å². The Bertz CT molecular complexity index is 144. The lowest BCUT2D eigenvalue weighted by atomic mass is 10.2. The van der Waals surface area contributed by atoms with E-state index in [4.69, 9.17) is 0 Å². The van der Waals surface area contributed by atoms with Crippen molar-refractivity contribution in [3.8, 4) is 0 Å². The number of carboxylic acid groups (broad SMARTS) is 1. The fourth-order valence-electron chi connectivity index (χ4n) is 0.589. The van der Waals surface area contributed by atoms with Crippen LogP contribution in [-0.2, 0) is 4.79 Å². The van der Waals surface area contributed by atoms with Crippen molar-refractivity contribution >= 4 is 5.97 Å². The molecule has 0 unspecified atom stereocenters. The molecule has 0 atom stereocenters. The molecule has 8 heavy (non-hydrogen) atoms. The van der Waals surface area contributed by atoms with Crippen LogP contribution in [0.4, 0.5) is 0 Å². The van der Waals surface area contributed by atoms with Crippen molar-refractivity contribution in [3.63, 3.8) is 0 Å². The molecule has 0 saturated carbocycles. The highest BCUT2D eigenvalue weighted by Crippen LogP contribution is 2.05. The molecule has 0 heterocycles. The molecule has 2 nitrogen and oxygen atoms in total. The zero-order valence-corrected chi connectivity index (χ0v) is 4.20. The van der Waals surface area contributed by atoms with Gasteiger partial charge in [0.05, 0.1) is 5.97 Å². The van der Waals surface area contributed by atoms with Gasteiger partial charge in [0, 0.05) is 5.92 Å². The van der Waals surface area contributed by atoms with Crippen LogP contribution in [0.25, 0.3) is 0 Å². The van der Waals surface area contributed by atoms with E-state index >= 15 is 0 Å². The number of hydrogen-bond acceptors (Lipinski definition) is 2. The first kappa shape index (κ1) is 5.09. The van der Waals surface area contributed by atoms with Crippen molar-refractivity contribution in [1.29, 1.82) is 0 Å². The summed E-state index contributed by atoms with van der Waals surface area (Å²) in [4.78, 5) is 9.99. The molecular weight excluding hydrogens is 104 g/mol. The first-order valence-corrected chi connectivity index (χ1v) is 2.36. The van der Waals surface area contributed by atoms with Crippen LogP contribution >= 0.6 is 0 Å². The summed E-state index contributed by atoms with van der Waals surface area (Å²) in [7, 11) is 0. The summed E-state index contributed by atoms with van der Waals surface area (Å²) in [6, 6.07) is 0. The SMILES string of the molecule is O=C([O-])C1C=CC=C1. The van der Waals surface area contributed by atoms with Crippen LogP contribution in [-0.4, -0.2) is 5.97 Å². The Hall–Kier alpha value is -1.05. The molecule has 0 radical (unpaired) electrons. The van der Waals surface area contributed by atoms with Gasteiger partial charge in [-0.25, -0.2) is 0 Å². The predicted molar refractivity (Wildman–Crippen MR) is 26.8 cm³/mol. The highest BCUT2D eigenvalue weighted by molar-refractivity contribution is 5.73. The summed E-state index contributed by atoms with van der Waals surface area (Å²) in [5.41, 5.74) is 0. The Kier molecular flexibility index (Phi) is 1.16. The van der Waals surface area contributed by atoms with Crippen LogP contribution in [0.2, 0.25) is 0 Å². The van der Waals surface area contributed by atoms with E-state index in [0.717, 1.165) is 0 Å². The maximum atomic E-state index is 9.99. The molecule has 0 fully saturated rings. The van der Waals surface area contributed by atoms with Crippen molar-refractivity contribution in [2.75, 3.05) is 0 Å². The normalized spacial score (nSPS) is 17.5. The van der Waals surface area contributed by atoms with Crippen molar-refractivity contribution in [2.45, 2.75) is 0 Å². The Morgan fingerprint density at radius 2 is 1.88 bits per heavy atom. The molecule has 1 rings (SSSR count). The zero-order valence-electron chi connectivity index (χ0n) is 4.20. The fraction of sp³-hybridized carbons (Fsp3) is 0.167. The van der Waals surface area contributed by atoms with Gasteiger partial charge in [0.25, 0.3) is 0 Å². The molecule has 0 N–H and O–H groups in total. The van der Waals surface area contributed by atoms with Gasteiger partial charge in [0.15, 0.2) is 0 Å². The molecule has 0 spiro atoms. The molecule has 0 aromatic rings. The van der Waals surface area contributed by atoms with Crippen molar-refractivity contribution in [1.82, 2.24) is 0 Å². The van der Waals surface area contributed by atoms with Crippen LogP contribution in [0, 0.1) is 5.92 Å². The van der Waals surface area contributed by atoms with E-state index < -0.39 is 11.9 Å². The quantitative estimate of drug-likeness (QED) is 0.454. The van der Waals surface area contributed by atoms with Gasteiger partial charge in [0.1, 0.15) is 0 Å². The third-order valence-corrected chi connectivity index (χ3v) is 1.02. The molecule has 1 aliphatic rings. The standard InChI is InChI=1S/C6H6O2/c7-6(8)5-3-1-2-4-5/h1-5H,(H,7,8)/p-1. The van der Waals surface area contributed by atoms with Gasteiger partial charge in [0.2, 0.25) is 0 Å². The number of carboxylic acids is 1. The number of allylic oxidation sites excluding steroid dienone is 2. The first-order valence-electron chi connectivity index (χ1n) is 2.36. The maximum Gasteiger partial charge on any atom is 0.0521 e. The van der Waals surface area contributed by atoms with E-state index in [9.17, 15) is 9.90 Å². The summed E-state index contributed by atoms with van der Waals surface area (Å²) in [5.74, 6) is -1.52. The molecule has 2 heteroatoms. The van der Waals surface area contributed by atoms with E-state index in [2.05, 4.69) is 0 Å². The van der Waals surface area contributed by atoms with Crippen LogP contribution in [0.5, 0.6) is 0 Å². The molecule has 0 amide bonds. The lowest BCUT2D eigenvalue weighted by molar-refractivity contribution is -0.307. The largest absolute Gasteiger partial charge is 0.549 e. The second kappa shape index (κ2) is 1.82. The zero-order chi connectivity index (χ0) is 5.98. The summed E-state index contributed by atoms with van der Waals surface area (Å²) in [6.07, 6.45) is 6.55. The summed E-state index contributed by atoms with van der Waals surface area (Å²) < 4.78 is 0. The van der Waals surface area contributed by atoms with E-state index in [0.29, 0.717) is 0 Å². The summed E-state index contributed by atoms with van der Waals surface area (Å²) in [6.45, 7) is 0. The highest BCUT2D eigenvalue weighted by Gasteiger charge is 2.01. The number of hydrogen-bond donors (Lipinski definition) is 0. The molecule has 42 valence electrons. The molecule has 1 aliphatic carbocycles. The van der Waals surface area contributed by atoms with Crippen LogP contribution in [0.1, 0.15) is 0 Å². The average molecular weight is 109 g/mol. The van der Waals surface area contributed by atoms with Crippen LogP contribution in [0.3, 0.4) is 0 Å². The van der Waals surface area contributed by atoms with E-state index in [-0.39, 0.29) is 0 Å². The third kappa shape index (κ3) is 0.780. The van der Waals surface area contributed by atoms with E-state index in [1.165, 1.54) is 0 Å². The lowest BCUT2D eigenvalue weighted by Crippen LogP contribution is -2.28. The Labute approximate surface area is 47.1 Å². The van der Waals surface area contributed by atoms with Gasteiger partial charge in [-0.2, -0.15) is 0 Å². The van der Waals surface area contributed by atoms with Gasteiger partial charge in [-0.05, 0) is 0 Å². The molecule has 0 aromatic heterocycles. The molecule has 0 aromatic carbocycles. The Morgan fingerprint density at radius 3 is 2.12 bits per heavy atom. The highest BCUT2D eigenvalue weighted by atomic mass is 16.4. The minimum absolute atomic E-state index is 0.491. The summed E-state index contributed by atoms with van der Waals surface area (Å²) >= 11 is 0. The second-order valence-corrected chi connectivity index (χ2v) is 1.61. The van der Waals surface area contributed by atoms with Crippen LogP contribution < -0.4 is 5.11 Å². The van der Waals surface area contributed by atoms with Crippen LogP contribution in [0.15, 0.2) is 24.3 Å². The van der Waals surface area contributed by atoms with E-state index in [1.807, 2.05) is 0 Å². The van der Waals surface area contributed by atoms with Gasteiger partial charge >= 0.3 is 0 Å². The molecule has 0 bridgehead atoms. The molecular formula is C6H5O2-. The van der Waals surface area contributed by atoms with E-state index in [1.54, 1.807) is 24.3 Å². The average Bonchev–Trinajstić information content (AvgIpc) is 2.12. The minimum Gasteiger partial charge on any atom is -0.549 e. The summed E-state index contributed by atoms with van der Waals surface area (Å²) in [5, 5.41) is 9.99. The predicted octanol–water partition coefficient (Wildman–Crippen LogP) is -0.522. The number of rotatable bonds is 1. The first-order chi connectivity index (χ1) is 3.80. The Morgan fingerprint density at radius 1 is 1.38 bits per heavy atom. The van der Waals surface area contributed by atoms with Crippen molar-refractivity contribution in [3.05, 3.63) is 24.3 Å². The monoisotopic (exact) mass is 109 g/mol. The second-order valence-electron chi connectivity index (χ2n) is 1.61. The van der Waals surface area contributed by atoms with Gasteiger partial charge in [-0.1, -0.05) is 24.3 Å². The smallest absolute Gasteiger partial charge is 0.0521 e. The fourth-order valence-corrected chi connectivity index (χ4v) is 0.589. The molecule has 0 aliphatic heterocycles. The minimum atomic E-state index is -1.03. The molecule has 0 saturated heterocycles. The number of carbonyl (C=O) groups is 1. The lowest BCUT2D eigenvalue weighted by Gasteiger charge is -2.03. The topological polar surface area (TPSA) is 40.1 Å². The van der Waals surface area contributed by atoms with Gasteiger partial charge in [-0.3, -0.25) is 0 Å². The Balaban J connectivity index is 2.62. The van der Waals surface area contributed by atoms with Gasteiger partial charge in [-0.15, -0.1) is 0 Å².